The maximum atomic E-state index is 10.7. The molecule has 0 fully saturated rings. The molecule has 5 N–H and O–H groups in total. The van der Waals surface area contributed by atoms with Crippen molar-refractivity contribution in [2.24, 2.45) is 0 Å². The van der Waals surface area contributed by atoms with Crippen molar-refractivity contribution in [1.82, 2.24) is 9.80 Å². The summed E-state index contributed by atoms with van der Waals surface area (Å²) in [4.78, 5) is 53.9. The first-order valence-corrected chi connectivity index (χ1v) is 6.88. The van der Waals surface area contributed by atoms with Crippen LogP contribution in [0.2, 0.25) is 0 Å². The molecule has 0 bridgehead atoms. The molecule has 144 valence electrons. The van der Waals surface area contributed by atoms with E-state index in [1.54, 1.807) is 0 Å². The third kappa shape index (κ3) is 17.5. The average Bonchev–Trinajstić information content (AvgIpc) is 2.33. The maximum Gasteiger partial charge on any atom is 0.317 e. The third-order valence-electron chi connectivity index (χ3n) is 2.54. The molecule has 0 aliphatic heterocycles. The Balaban J connectivity index is 0. The standard InChI is InChI=1S/C11H18N2O8.C2H4O2/c1-7(13(5-10(18)19)6-11(20)21)2-12(3-8(14)15)4-9(16)17;1-2(3)4/h7H,2-6H2,1H3,(H,14,15)(H,16,17)(H,18,19)(H,20,21);1H3,(H,3,4). The first kappa shape index (κ1) is 24.5. The Morgan fingerprint density at radius 3 is 1.24 bits per heavy atom. The maximum absolute atomic E-state index is 10.7. The van der Waals surface area contributed by atoms with E-state index >= 15 is 0 Å². The monoisotopic (exact) mass is 366 g/mol. The lowest BCUT2D eigenvalue weighted by Gasteiger charge is -2.30. The molecule has 0 aromatic heterocycles. The average molecular weight is 366 g/mol. The number of rotatable bonds is 11. The summed E-state index contributed by atoms with van der Waals surface area (Å²) in [5, 5.41) is 42.3. The molecule has 0 saturated carbocycles. The Labute approximate surface area is 142 Å². The van der Waals surface area contributed by atoms with Gasteiger partial charge in [-0.1, -0.05) is 0 Å². The first-order chi connectivity index (χ1) is 11.3. The van der Waals surface area contributed by atoms with Gasteiger partial charge in [-0.25, -0.2) is 0 Å². The molecule has 0 aromatic rings. The van der Waals surface area contributed by atoms with Crippen molar-refractivity contribution < 1.29 is 49.5 Å². The number of carboxylic acids is 5. The zero-order chi connectivity index (χ0) is 20.2. The summed E-state index contributed by atoms with van der Waals surface area (Å²) in [6.45, 7) is 0.347. The highest BCUT2D eigenvalue weighted by molar-refractivity contribution is 5.73. The molecule has 0 aromatic carbocycles. The fourth-order valence-electron chi connectivity index (χ4n) is 1.77. The SMILES string of the molecule is CC(=O)O.CC(CN(CC(=O)O)CC(=O)O)N(CC(=O)O)CC(=O)O. The molecule has 12 nitrogen and oxygen atoms in total. The van der Waals surface area contributed by atoms with Gasteiger partial charge in [0, 0.05) is 19.5 Å². The van der Waals surface area contributed by atoms with E-state index in [2.05, 4.69) is 0 Å². The molecule has 0 aliphatic carbocycles. The lowest BCUT2D eigenvalue weighted by Crippen LogP contribution is -2.48. The van der Waals surface area contributed by atoms with Crippen molar-refractivity contribution in [2.75, 3.05) is 32.7 Å². The topological polar surface area (TPSA) is 193 Å². The molecule has 0 saturated heterocycles. The van der Waals surface area contributed by atoms with Crippen LogP contribution < -0.4 is 0 Å². The van der Waals surface area contributed by atoms with Gasteiger partial charge in [0.05, 0.1) is 26.2 Å². The van der Waals surface area contributed by atoms with Crippen LogP contribution in [0, 0.1) is 0 Å². The van der Waals surface area contributed by atoms with Crippen molar-refractivity contribution in [1.29, 1.82) is 0 Å². The highest BCUT2D eigenvalue weighted by atomic mass is 16.4. The number of nitrogens with zero attached hydrogens (tertiary/aromatic N) is 2. The van der Waals surface area contributed by atoms with E-state index in [9.17, 15) is 19.2 Å². The van der Waals surface area contributed by atoms with Gasteiger partial charge in [-0.15, -0.1) is 0 Å². The minimum absolute atomic E-state index is 0.0842. The molecule has 0 rings (SSSR count). The molecular formula is C13H22N2O10. The second-order valence-electron chi connectivity index (χ2n) is 5.02. The van der Waals surface area contributed by atoms with Crippen LogP contribution in [0.15, 0.2) is 0 Å². The van der Waals surface area contributed by atoms with E-state index in [1.807, 2.05) is 0 Å². The Morgan fingerprint density at radius 2 is 1.00 bits per heavy atom. The van der Waals surface area contributed by atoms with Gasteiger partial charge >= 0.3 is 23.9 Å². The summed E-state index contributed by atoms with van der Waals surface area (Å²) in [5.74, 6) is -5.75. The Bertz CT molecular complexity index is 457. The smallest absolute Gasteiger partial charge is 0.317 e. The predicted octanol–water partition coefficient (Wildman–Crippen LogP) is -1.59. The quantitative estimate of drug-likeness (QED) is 0.282. The largest absolute Gasteiger partial charge is 0.481 e. The lowest BCUT2D eigenvalue weighted by atomic mass is 10.2. The molecular weight excluding hydrogens is 344 g/mol. The predicted molar refractivity (Wildman–Crippen MR) is 81.3 cm³/mol. The van der Waals surface area contributed by atoms with Crippen LogP contribution in [-0.4, -0.2) is 104 Å². The lowest BCUT2D eigenvalue weighted by molar-refractivity contribution is -0.146. The number of hydrogen-bond donors (Lipinski definition) is 5. The second-order valence-corrected chi connectivity index (χ2v) is 5.02. The van der Waals surface area contributed by atoms with E-state index < -0.39 is 62.1 Å². The van der Waals surface area contributed by atoms with E-state index in [-0.39, 0.29) is 6.54 Å². The zero-order valence-corrected chi connectivity index (χ0v) is 13.8. The number of hydrogen-bond acceptors (Lipinski definition) is 7. The van der Waals surface area contributed by atoms with Crippen LogP contribution >= 0.6 is 0 Å². The van der Waals surface area contributed by atoms with Crippen LogP contribution in [0.3, 0.4) is 0 Å². The molecule has 0 radical (unpaired) electrons. The Hall–Kier alpha value is -2.73. The zero-order valence-electron chi connectivity index (χ0n) is 13.8. The van der Waals surface area contributed by atoms with Gasteiger partial charge in [-0.2, -0.15) is 0 Å². The molecule has 1 atom stereocenters. The van der Waals surface area contributed by atoms with Crippen molar-refractivity contribution in [3.05, 3.63) is 0 Å². The van der Waals surface area contributed by atoms with Gasteiger partial charge in [0.25, 0.3) is 5.97 Å². The van der Waals surface area contributed by atoms with Crippen molar-refractivity contribution >= 4 is 29.8 Å². The van der Waals surface area contributed by atoms with E-state index in [0.717, 1.165) is 16.7 Å². The van der Waals surface area contributed by atoms with Crippen LogP contribution in [0.1, 0.15) is 13.8 Å². The highest BCUT2D eigenvalue weighted by Crippen LogP contribution is 2.03. The molecule has 12 heteroatoms. The van der Waals surface area contributed by atoms with Gasteiger partial charge < -0.3 is 25.5 Å². The second kappa shape index (κ2) is 12.7. The third-order valence-corrected chi connectivity index (χ3v) is 2.54. The van der Waals surface area contributed by atoms with Crippen molar-refractivity contribution in [3.8, 4) is 0 Å². The summed E-state index contributed by atoms with van der Waals surface area (Å²) >= 11 is 0. The molecule has 0 heterocycles. The van der Waals surface area contributed by atoms with Crippen LogP contribution in [-0.2, 0) is 24.0 Å². The first-order valence-electron chi connectivity index (χ1n) is 6.88. The molecule has 25 heavy (non-hydrogen) atoms. The molecule has 0 spiro atoms. The van der Waals surface area contributed by atoms with Crippen LogP contribution in [0.5, 0.6) is 0 Å². The molecule has 1 unspecified atom stereocenters. The Kier molecular flexibility index (Phi) is 12.4. The number of aliphatic carboxylic acids is 5. The van der Waals surface area contributed by atoms with Gasteiger partial charge in [-0.3, -0.25) is 33.8 Å². The summed E-state index contributed by atoms with van der Waals surface area (Å²) < 4.78 is 0. The summed E-state index contributed by atoms with van der Waals surface area (Å²) in [7, 11) is 0. The van der Waals surface area contributed by atoms with E-state index in [4.69, 9.17) is 30.3 Å². The van der Waals surface area contributed by atoms with Gasteiger partial charge in [0.1, 0.15) is 0 Å². The normalized spacial score (nSPS) is 11.4. The van der Waals surface area contributed by atoms with Crippen molar-refractivity contribution in [3.63, 3.8) is 0 Å². The summed E-state index contributed by atoms with van der Waals surface area (Å²) in [6, 6.07) is -0.643. The van der Waals surface area contributed by atoms with Crippen LogP contribution in [0.25, 0.3) is 0 Å². The highest BCUT2D eigenvalue weighted by Gasteiger charge is 2.23. The summed E-state index contributed by atoms with van der Waals surface area (Å²) in [5.41, 5.74) is 0. The minimum Gasteiger partial charge on any atom is -0.481 e. The fourth-order valence-corrected chi connectivity index (χ4v) is 1.77. The Morgan fingerprint density at radius 1 is 0.720 bits per heavy atom. The van der Waals surface area contributed by atoms with Crippen molar-refractivity contribution in [2.45, 2.75) is 19.9 Å². The van der Waals surface area contributed by atoms with E-state index in [1.165, 1.54) is 6.92 Å². The number of carbonyl (C=O) groups is 5. The van der Waals surface area contributed by atoms with Crippen LogP contribution in [0.4, 0.5) is 0 Å². The van der Waals surface area contributed by atoms with E-state index in [0.29, 0.717) is 0 Å². The fraction of sp³-hybridized carbons (Fsp3) is 0.615. The van der Waals surface area contributed by atoms with Gasteiger partial charge in [0.2, 0.25) is 0 Å². The number of carboxylic acid groups (broad SMARTS) is 5. The minimum atomic E-state index is -1.23. The summed E-state index contributed by atoms with van der Waals surface area (Å²) in [6.07, 6.45) is 0. The molecule has 0 amide bonds. The van der Waals surface area contributed by atoms with Gasteiger partial charge in [-0.05, 0) is 6.92 Å². The molecule has 0 aliphatic rings. The van der Waals surface area contributed by atoms with Gasteiger partial charge in [0.15, 0.2) is 0 Å².